The highest BCUT2D eigenvalue weighted by Gasteiger charge is 2.23. The van der Waals surface area contributed by atoms with Gasteiger partial charge in [-0.15, -0.1) is 24.0 Å². The summed E-state index contributed by atoms with van der Waals surface area (Å²) < 4.78 is 5.95. The van der Waals surface area contributed by atoms with Crippen LogP contribution in [0, 0.1) is 5.92 Å². The summed E-state index contributed by atoms with van der Waals surface area (Å²) in [5.74, 6) is 1.49. The summed E-state index contributed by atoms with van der Waals surface area (Å²) >= 11 is 0. The van der Waals surface area contributed by atoms with Crippen molar-refractivity contribution in [2.24, 2.45) is 16.6 Å². The number of primary amides is 1. The van der Waals surface area contributed by atoms with Crippen molar-refractivity contribution >= 4 is 46.8 Å². The fourth-order valence-electron chi connectivity index (χ4n) is 4.52. The van der Waals surface area contributed by atoms with Gasteiger partial charge in [-0.1, -0.05) is 42.5 Å². The van der Waals surface area contributed by atoms with Crippen molar-refractivity contribution in [2.75, 3.05) is 27.2 Å². The summed E-state index contributed by atoms with van der Waals surface area (Å²) in [4.78, 5) is 20.4. The van der Waals surface area contributed by atoms with E-state index in [9.17, 15) is 4.79 Å². The number of carbonyl (C=O) groups excluding carboxylic acids is 1. The summed E-state index contributed by atoms with van der Waals surface area (Å²) in [6, 6.07) is 18.7. The van der Waals surface area contributed by atoms with Crippen LogP contribution in [0.2, 0.25) is 0 Å². The van der Waals surface area contributed by atoms with Crippen LogP contribution in [0.25, 0.3) is 11.0 Å². The molecule has 1 saturated heterocycles. The average Bonchev–Trinajstić information content (AvgIpc) is 3.22. The third-order valence-corrected chi connectivity index (χ3v) is 6.20. The number of guanidine groups is 1. The maximum atomic E-state index is 11.6. The number of nitrogens with zero attached hydrogens (tertiary/aromatic N) is 3. The van der Waals surface area contributed by atoms with Gasteiger partial charge in [-0.05, 0) is 42.6 Å². The molecular weight excluding hydrogens is 541 g/mol. The molecule has 1 fully saturated rings. The van der Waals surface area contributed by atoms with Gasteiger partial charge in [0.2, 0.25) is 5.91 Å². The van der Waals surface area contributed by atoms with Crippen molar-refractivity contribution in [3.05, 3.63) is 71.5 Å². The zero-order valence-electron chi connectivity index (χ0n) is 19.9. The first-order valence-electron chi connectivity index (χ1n) is 11.5. The van der Waals surface area contributed by atoms with Crippen LogP contribution >= 0.6 is 24.0 Å². The van der Waals surface area contributed by atoms with Gasteiger partial charge in [-0.3, -0.25) is 14.7 Å². The molecule has 182 valence electrons. The summed E-state index contributed by atoms with van der Waals surface area (Å²) in [6.45, 7) is 3.89. The number of para-hydroxylation sites is 1. The summed E-state index contributed by atoms with van der Waals surface area (Å²) in [5, 5.41) is 4.56. The number of nitrogens with one attached hydrogen (secondary N) is 1. The topological polar surface area (TPSA) is 87.1 Å². The van der Waals surface area contributed by atoms with Crippen molar-refractivity contribution in [3.8, 4) is 0 Å². The molecule has 4 rings (SSSR count). The number of hydrogen-bond donors (Lipinski definition) is 2. The van der Waals surface area contributed by atoms with Crippen molar-refractivity contribution in [1.29, 1.82) is 0 Å². The van der Waals surface area contributed by atoms with Gasteiger partial charge in [0.15, 0.2) is 5.96 Å². The Balaban J connectivity index is 0.00000324. The number of aliphatic imine (C=N–C) groups is 1. The van der Waals surface area contributed by atoms with Gasteiger partial charge in [-0.2, -0.15) is 0 Å². The first kappa shape index (κ1) is 26.0. The molecule has 0 radical (unpaired) electrons. The first-order chi connectivity index (χ1) is 16.0. The number of rotatable bonds is 7. The molecule has 1 atom stereocenters. The van der Waals surface area contributed by atoms with E-state index in [1.54, 1.807) is 7.05 Å². The van der Waals surface area contributed by atoms with E-state index < -0.39 is 0 Å². The number of hydrogen-bond acceptors (Lipinski definition) is 4. The minimum Gasteiger partial charge on any atom is -0.459 e. The van der Waals surface area contributed by atoms with Crippen LogP contribution in [-0.2, 0) is 24.4 Å². The van der Waals surface area contributed by atoms with Crippen molar-refractivity contribution in [3.63, 3.8) is 0 Å². The van der Waals surface area contributed by atoms with Crippen molar-refractivity contribution in [2.45, 2.75) is 32.5 Å². The van der Waals surface area contributed by atoms with Gasteiger partial charge < -0.3 is 20.4 Å². The Kier molecular flexibility index (Phi) is 9.35. The lowest BCUT2D eigenvalue weighted by Crippen LogP contribution is -2.40. The lowest BCUT2D eigenvalue weighted by atomic mass is 9.97. The number of halogens is 1. The number of nitrogens with two attached hydrogens (primary N) is 1. The number of likely N-dealkylation sites (tertiary alicyclic amines) is 1. The molecule has 1 amide bonds. The fraction of sp³-hybridized carbons (Fsp3) is 0.385. The molecule has 0 saturated carbocycles. The molecule has 0 bridgehead atoms. The Hall–Kier alpha value is -2.59. The highest BCUT2D eigenvalue weighted by atomic mass is 127. The molecule has 1 aliphatic rings. The van der Waals surface area contributed by atoms with Gasteiger partial charge in [0, 0.05) is 39.1 Å². The van der Waals surface area contributed by atoms with Gasteiger partial charge in [-0.25, -0.2) is 0 Å². The van der Waals surface area contributed by atoms with E-state index in [0.29, 0.717) is 13.1 Å². The number of benzene rings is 2. The molecule has 1 aliphatic heterocycles. The van der Waals surface area contributed by atoms with E-state index >= 15 is 0 Å². The van der Waals surface area contributed by atoms with Gasteiger partial charge >= 0.3 is 0 Å². The number of carbonyl (C=O) groups is 1. The van der Waals surface area contributed by atoms with Crippen LogP contribution in [0.4, 0.5) is 0 Å². The van der Waals surface area contributed by atoms with Crippen LogP contribution in [0.15, 0.2) is 64.0 Å². The Morgan fingerprint density at radius 3 is 2.76 bits per heavy atom. The molecule has 0 spiro atoms. The van der Waals surface area contributed by atoms with E-state index in [2.05, 4.69) is 56.5 Å². The monoisotopic (exact) mass is 575 g/mol. The van der Waals surface area contributed by atoms with E-state index in [0.717, 1.165) is 55.2 Å². The third kappa shape index (κ3) is 6.73. The number of fused-ring (bicyclic) bond motifs is 1. The predicted octanol–water partition coefficient (Wildman–Crippen LogP) is 3.96. The second kappa shape index (κ2) is 12.2. The molecule has 3 N–H and O–H groups in total. The Bertz CT molecular complexity index is 1100. The van der Waals surface area contributed by atoms with Crippen molar-refractivity contribution in [1.82, 2.24) is 15.1 Å². The van der Waals surface area contributed by atoms with Gasteiger partial charge in [0.1, 0.15) is 11.3 Å². The SMILES string of the molecule is CN=C(NCc1cccc(CN2CCCC(C(N)=O)C2)c1)N(C)Cc1cc2ccccc2o1.I. The normalized spacial score (nSPS) is 16.8. The van der Waals surface area contributed by atoms with Crippen molar-refractivity contribution < 1.29 is 9.21 Å². The van der Waals surface area contributed by atoms with Gasteiger partial charge in [0.05, 0.1) is 12.5 Å². The largest absolute Gasteiger partial charge is 0.459 e. The fourth-order valence-corrected chi connectivity index (χ4v) is 4.52. The van der Waals surface area contributed by atoms with Crippen LogP contribution in [0.5, 0.6) is 0 Å². The number of amides is 1. The molecule has 34 heavy (non-hydrogen) atoms. The maximum Gasteiger partial charge on any atom is 0.221 e. The Morgan fingerprint density at radius 1 is 1.21 bits per heavy atom. The van der Waals surface area contributed by atoms with E-state index in [1.165, 1.54) is 11.1 Å². The number of piperidine rings is 1. The summed E-state index contributed by atoms with van der Waals surface area (Å²) in [5.41, 5.74) is 8.85. The average molecular weight is 575 g/mol. The molecule has 2 heterocycles. The highest BCUT2D eigenvalue weighted by molar-refractivity contribution is 14.0. The molecule has 3 aromatic rings. The smallest absolute Gasteiger partial charge is 0.221 e. The minimum atomic E-state index is -0.184. The van der Waals surface area contributed by atoms with Crippen LogP contribution in [0.3, 0.4) is 0 Å². The van der Waals surface area contributed by atoms with Gasteiger partial charge in [0.25, 0.3) is 0 Å². The maximum absolute atomic E-state index is 11.6. The van der Waals surface area contributed by atoms with E-state index in [1.807, 2.05) is 25.2 Å². The summed E-state index contributed by atoms with van der Waals surface area (Å²) in [6.07, 6.45) is 1.92. The molecule has 1 aromatic heterocycles. The quantitative estimate of drug-likeness (QED) is 0.253. The Morgan fingerprint density at radius 2 is 2.00 bits per heavy atom. The molecule has 7 nitrogen and oxygen atoms in total. The second-order valence-corrected chi connectivity index (χ2v) is 8.80. The predicted molar refractivity (Wildman–Crippen MR) is 147 cm³/mol. The standard InChI is InChI=1S/C26H33N5O2.HI/c1-28-26(30(2)18-23-14-21-9-3-4-11-24(21)33-23)29-15-19-7-5-8-20(13-19)16-31-12-6-10-22(17-31)25(27)32;/h3-5,7-9,11,13-14,22H,6,10,12,15-18H2,1-2H3,(H2,27,32)(H,28,29);1H. The molecular formula is C26H34IN5O2. The lowest BCUT2D eigenvalue weighted by Gasteiger charge is -2.31. The molecule has 8 heteroatoms. The lowest BCUT2D eigenvalue weighted by molar-refractivity contribution is -0.123. The first-order valence-corrected chi connectivity index (χ1v) is 11.5. The molecule has 2 aromatic carbocycles. The van der Waals surface area contributed by atoms with E-state index in [-0.39, 0.29) is 35.8 Å². The van der Waals surface area contributed by atoms with Crippen LogP contribution in [0.1, 0.15) is 29.7 Å². The zero-order chi connectivity index (χ0) is 23.2. The zero-order valence-corrected chi connectivity index (χ0v) is 22.2. The van der Waals surface area contributed by atoms with E-state index in [4.69, 9.17) is 10.2 Å². The van der Waals surface area contributed by atoms with Crippen LogP contribution < -0.4 is 11.1 Å². The highest BCUT2D eigenvalue weighted by Crippen LogP contribution is 2.20. The minimum absolute atomic E-state index is 0. The molecule has 1 unspecified atom stereocenters. The number of furan rings is 1. The second-order valence-electron chi connectivity index (χ2n) is 8.80. The van der Waals surface area contributed by atoms with Crippen LogP contribution in [-0.4, -0.2) is 48.9 Å². The molecule has 0 aliphatic carbocycles. The Labute approximate surface area is 218 Å². The third-order valence-electron chi connectivity index (χ3n) is 6.20. The summed E-state index contributed by atoms with van der Waals surface area (Å²) in [7, 11) is 3.80.